The largest absolute Gasteiger partial charge is 0.457 e. The minimum absolute atomic E-state index is 0.236. The van der Waals surface area contributed by atoms with E-state index in [9.17, 15) is 4.79 Å². The number of amides is 2. The van der Waals surface area contributed by atoms with Crippen LogP contribution in [0.25, 0.3) is 0 Å². The quantitative estimate of drug-likeness (QED) is 0.775. The van der Waals surface area contributed by atoms with Crippen LogP contribution in [0.15, 0.2) is 60.9 Å². The fraction of sp³-hybridized carbons (Fsp3) is 0.167. The van der Waals surface area contributed by atoms with E-state index in [1.165, 1.54) is 11.2 Å². The fourth-order valence-corrected chi connectivity index (χ4v) is 2.23. The molecule has 0 unspecified atom stereocenters. The summed E-state index contributed by atoms with van der Waals surface area (Å²) in [4.78, 5) is 18.0. The number of hydrogen-bond donors (Lipinski definition) is 1. The smallest absolute Gasteiger partial charge is 0.321 e. The number of para-hydroxylation sites is 1. The molecule has 1 heterocycles. The SMILES string of the molecule is CN(Cc1ncnn1C)C(=O)Nc1cccc(Oc2ccccc2)c1. The van der Waals surface area contributed by atoms with Crippen LogP contribution in [0.2, 0.25) is 0 Å². The molecular formula is C18H19N5O2. The van der Waals surface area contributed by atoms with Crippen LogP contribution in [0, 0.1) is 0 Å². The van der Waals surface area contributed by atoms with Crippen molar-refractivity contribution >= 4 is 11.7 Å². The van der Waals surface area contributed by atoms with E-state index in [1.54, 1.807) is 24.8 Å². The van der Waals surface area contributed by atoms with Gasteiger partial charge >= 0.3 is 6.03 Å². The average Bonchev–Trinajstić information content (AvgIpc) is 3.01. The number of carbonyl (C=O) groups excluding carboxylic acids is 1. The standard InChI is InChI=1S/C18H19N5O2/c1-22(12-17-19-13-20-23(17)2)18(24)21-14-7-6-10-16(11-14)25-15-8-4-3-5-9-15/h3-11,13H,12H2,1-2H3,(H,21,24). The van der Waals surface area contributed by atoms with Gasteiger partial charge in [0.1, 0.15) is 23.7 Å². The third kappa shape index (κ3) is 4.35. The van der Waals surface area contributed by atoms with E-state index in [2.05, 4.69) is 15.4 Å². The minimum Gasteiger partial charge on any atom is -0.457 e. The normalized spacial score (nSPS) is 10.3. The zero-order valence-corrected chi connectivity index (χ0v) is 14.1. The van der Waals surface area contributed by atoms with Gasteiger partial charge in [0.25, 0.3) is 0 Å². The number of nitrogens with zero attached hydrogens (tertiary/aromatic N) is 4. The van der Waals surface area contributed by atoms with Crippen molar-refractivity contribution in [3.05, 3.63) is 66.7 Å². The number of ether oxygens (including phenoxy) is 1. The Morgan fingerprint density at radius 2 is 1.92 bits per heavy atom. The molecular weight excluding hydrogens is 318 g/mol. The molecule has 2 amide bonds. The van der Waals surface area contributed by atoms with Crippen LogP contribution < -0.4 is 10.1 Å². The molecule has 0 aliphatic rings. The highest BCUT2D eigenvalue weighted by molar-refractivity contribution is 5.89. The van der Waals surface area contributed by atoms with Crippen LogP contribution in [0.1, 0.15) is 5.82 Å². The fourth-order valence-electron chi connectivity index (χ4n) is 2.23. The van der Waals surface area contributed by atoms with E-state index < -0.39 is 0 Å². The maximum Gasteiger partial charge on any atom is 0.321 e. The van der Waals surface area contributed by atoms with Gasteiger partial charge < -0.3 is 15.0 Å². The summed E-state index contributed by atoms with van der Waals surface area (Å²) in [6.07, 6.45) is 1.46. The van der Waals surface area contributed by atoms with Gasteiger partial charge in [0, 0.05) is 25.8 Å². The van der Waals surface area contributed by atoms with Gasteiger partial charge in [-0.3, -0.25) is 4.68 Å². The number of carbonyl (C=O) groups is 1. The van der Waals surface area contributed by atoms with Crippen LogP contribution in [0.5, 0.6) is 11.5 Å². The molecule has 0 spiro atoms. The van der Waals surface area contributed by atoms with Crippen molar-refractivity contribution in [3.8, 4) is 11.5 Å². The van der Waals surface area contributed by atoms with Crippen molar-refractivity contribution in [2.45, 2.75) is 6.54 Å². The summed E-state index contributed by atoms with van der Waals surface area (Å²) in [6.45, 7) is 0.364. The van der Waals surface area contributed by atoms with Gasteiger partial charge in [0.05, 0.1) is 6.54 Å². The van der Waals surface area contributed by atoms with E-state index in [0.29, 0.717) is 23.8 Å². The molecule has 0 aliphatic carbocycles. The van der Waals surface area contributed by atoms with Crippen LogP contribution in [0.3, 0.4) is 0 Å². The molecule has 0 atom stereocenters. The lowest BCUT2D eigenvalue weighted by atomic mass is 10.3. The first-order valence-corrected chi connectivity index (χ1v) is 7.80. The minimum atomic E-state index is -0.236. The molecule has 3 aromatic rings. The Labute approximate surface area is 145 Å². The van der Waals surface area contributed by atoms with Crippen molar-refractivity contribution in [1.29, 1.82) is 0 Å². The molecule has 2 aromatic carbocycles. The first kappa shape index (κ1) is 16.5. The number of aromatic nitrogens is 3. The van der Waals surface area contributed by atoms with Crippen molar-refractivity contribution in [2.75, 3.05) is 12.4 Å². The monoisotopic (exact) mass is 337 g/mol. The molecule has 0 radical (unpaired) electrons. The molecule has 25 heavy (non-hydrogen) atoms. The maximum atomic E-state index is 12.3. The van der Waals surface area contributed by atoms with Crippen molar-refractivity contribution in [2.24, 2.45) is 7.05 Å². The number of anilines is 1. The number of hydrogen-bond acceptors (Lipinski definition) is 4. The highest BCUT2D eigenvalue weighted by Gasteiger charge is 2.12. The molecule has 0 saturated heterocycles. The van der Waals surface area contributed by atoms with Crippen LogP contribution in [-0.4, -0.2) is 32.7 Å². The molecule has 7 nitrogen and oxygen atoms in total. The predicted molar refractivity (Wildman–Crippen MR) is 94.4 cm³/mol. The topological polar surface area (TPSA) is 72.3 Å². The third-order valence-electron chi connectivity index (χ3n) is 3.59. The summed E-state index contributed by atoms with van der Waals surface area (Å²) in [6, 6.07) is 16.5. The summed E-state index contributed by atoms with van der Waals surface area (Å²) < 4.78 is 7.41. The van der Waals surface area contributed by atoms with E-state index in [1.807, 2.05) is 48.5 Å². The molecule has 0 saturated carbocycles. The van der Waals surface area contributed by atoms with Gasteiger partial charge in [-0.25, -0.2) is 9.78 Å². The van der Waals surface area contributed by atoms with Gasteiger partial charge in [-0.15, -0.1) is 0 Å². The Hall–Kier alpha value is -3.35. The summed E-state index contributed by atoms with van der Waals surface area (Å²) in [5, 5.41) is 6.84. The summed E-state index contributed by atoms with van der Waals surface area (Å²) in [5.74, 6) is 2.10. The number of benzene rings is 2. The van der Waals surface area contributed by atoms with Crippen molar-refractivity contribution in [3.63, 3.8) is 0 Å². The van der Waals surface area contributed by atoms with Crippen LogP contribution in [0.4, 0.5) is 10.5 Å². The number of rotatable bonds is 5. The lowest BCUT2D eigenvalue weighted by Gasteiger charge is -2.17. The summed E-state index contributed by atoms with van der Waals surface area (Å²) >= 11 is 0. The highest BCUT2D eigenvalue weighted by atomic mass is 16.5. The van der Waals surface area contributed by atoms with Gasteiger partial charge in [-0.05, 0) is 24.3 Å². The van der Waals surface area contributed by atoms with Gasteiger partial charge in [-0.1, -0.05) is 24.3 Å². The first-order valence-electron chi connectivity index (χ1n) is 7.80. The van der Waals surface area contributed by atoms with E-state index in [0.717, 1.165) is 5.75 Å². The van der Waals surface area contributed by atoms with Crippen LogP contribution >= 0.6 is 0 Å². The number of urea groups is 1. The first-order chi connectivity index (χ1) is 12.1. The number of nitrogens with one attached hydrogen (secondary N) is 1. The van der Waals surface area contributed by atoms with Gasteiger partial charge in [0.2, 0.25) is 0 Å². The van der Waals surface area contributed by atoms with E-state index >= 15 is 0 Å². The Kier molecular flexibility index (Phi) is 4.94. The average molecular weight is 337 g/mol. The van der Waals surface area contributed by atoms with Gasteiger partial charge in [-0.2, -0.15) is 5.10 Å². The summed E-state index contributed by atoms with van der Waals surface area (Å²) in [5.41, 5.74) is 0.656. The second-order valence-electron chi connectivity index (χ2n) is 5.53. The lowest BCUT2D eigenvalue weighted by Crippen LogP contribution is -2.31. The zero-order chi connectivity index (χ0) is 17.6. The summed E-state index contributed by atoms with van der Waals surface area (Å²) in [7, 11) is 3.49. The molecule has 128 valence electrons. The van der Waals surface area contributed by atoms with Crippen LogP contribution in [-0.2, 0) is 13.6 Å². The zero-order valence-electron chi connectivity index (χ0n) is 14.1. The number of aryl methyl sites for hydroxylation is 1. The second-order valence-corrected chi connectivity index (χ2v) is 5.53. The van der Waals surface area contributed by atoms with Gasteiger partial charge in [0.15, 0.2) is 0 Å². The Bertz CT molecular complexity index is 847. The third-order valence-corrected chi connectivity index (χ3v) is 3.59. The van der Waals surface area contributed by atoms with E-state index in [-0.39, 0.29) is 6.03 Å². The molecule has 0 bridgehead atoms. The lowest BCUT2D eigenvalue weighted by molar-refractivity contribution is 0.219. The molecule has 0 fully saturated rings. The Balaban J connectivity index is 1.63. The van der Waals surface area contributed by atoms with Crippen molar-refractivity contribution in [1.82, 2.24) is 19.7 Å². The molecule has 3 rings (SSSR count). The molecule has 1 N–H and O–H groups in total. The molecule has 7 heteroatoms. The second kappa shape index (κ2) is 7.48. The predicted octanol–water partition coefficient (Wildman–Crippen LogP) is 3.27. The Morgan fingerprint density at radius 1 is 1.16 bits per heavy atom. The maximum absolute atomic E-state index is 12.3. The molecule has 1 aromatic heterocycles. The highest BCUT2D eigenvalue weighted by Crippen LogP contribution is 2.24. The molecule has 0 aliphatic heterocycles. The Morgan fingerprint density at radius 3 is 2.64 bits per heavy atom. The van der Waals surface area contributed by atoms with E-state index in [4.69, 9.17) is 4.74 Å². The van der Waals surface area contributed by atoms with Crippen molar-refractivity contribution < 1.29 is 9.53 Å².